The molecule has 2 aromatic heterocycles. The number of nitrogens with one attached hydrogen (secondary N) is 1. The van der Waals surface area contributed by atoms with Gasteiger partial charge in [-0.15, -0.1) is 10.2 Å². The number of ether oxygens (including phenoxy) is 1. The molecule has 0 aliphatic carbocycles. The Kier molecular flexibility index (Phi) is 4.36. The SMILES string of the molecule is COC(=O)c1cnc(NCCc2nnc3n2CCC3)c([N+](=O)[O-])c1. The molecule has 3 rings (SSSR count). The maximum Gasteiger partial charge on any atom is 0.339 e. The number of pyridine rings is 1. The predicted octanol–water partition coefficient (Wildman–Crippen LogP) is 0.969. The topological polar surface area (TPSA) is 125 Å². The fourth-order valence-electron chi connectivity index (χ4n) is 2.65. The molecule has 0 amide bonds. The summed E-state index contributed by atoms with van der Waals surface area (Å²) in [6, 6.07) is 1.15. The van der Waals surface area contributed by atoms with Gasteiger partial charge in [-0.2, -0.15) is 0 Å². The minimum atomic E-state index is -0.670. The highest BCUT2D eigenvalue weighted by atomic mass is 16.6. The van der Waals surface area contributed by atoms with E-state index in [9.17, 15) is 14.9 Å². The standard InChI is InChI=1S/C14H16N6O4/c1-24-14(21)9-7-10(20(22)23)13(16-8-9)15-5-4-12-18-17-11-3-2-6-19(11)12/h7-8H,2-6H2,1H3,(H,15,16). The molecule has 0 fully saturated rings. The van der Waals surface area contributed by atoms with Gasteiger partial charge in [-0.1, -0.05) is 0 Å². The third-order valence-electron chi connectivity index (χ3n) is 3.81. The molecular weight excluding hydrogens is 316 g/mol. The molecule has 10 heteroatoms. The largest absolute Gasteiger partial charge is 0.465 e. The van der Waals surface area contributed by atoms with Gasteiger partial charge >= 0.3 is 11.7 Å². The number of methoxy groups -OCH3 is 1. The van der Waals surface area contributed by atoms with Gasteiger partial charge in [0.1, 0.15) is 11.6 Å². The van der Waals surface area contributed by atoms with Crippen LogP contribution in [0.3, 0.4) is 0 Å². The Bertz CT molecular complexity index is 788. The van der Waals surface area contributed by atoms with Crippen molar-refractivity contribution in [2.45, 2.75) is 25.8 Å². The monoisotopic (exact) mass is 332 g/mol. The number of rotatable bonds is 6. The van der Waals surface area contributed by atoms with Crippen molar-refractivity contribution in [2.24, 2.45) is 0 Å². The summed E-state index contributed by atoms with van der Waals surface area (Å²) >= 11 is 0. The van der Waals surface area contributed by atoms with E-state index in [-0.39, 0.29) is 17.1 Å². The maximum atomic E-state index is 11.5. The maximum absolute atomic E-state index is 11.5. The van der Waals surface area contributed by atoms with Gasteiger partial charge in [-0.05, 0) is 6.42 Å². The van der Waals surface area contributed by atoms with Gasteiger partial charge in [0.25, 0.3) is 0 Å². The Morgan fingerprint density at radius 3 is 3.08 bits per heavy atom. The van der Waals surface area contributed by atoms with E-state index in [0.29, 0.717) is 13.0 Å². The second-order valence-corrected chi connectivity index (χ2v) is 5.30. The minimum absolute atomic E-state index is 0.0324. The molecule has 0 saturated heterocycles. The van der Waals surface area contributed by atoms with Crippen LogP contribution in [-0.4, -0.2) is 44.3 Å². The van der Waals surface area contributed by atoms with E-state index in [4.69, 9.17) is 0 Å². The number of hydrogen-bond donors (Lipinski definition) is 1. The zero-order chi connectivity index (χ0) is 17.1. The molecular formula is C14H16N6O4. The summed E-state index contributed by atoms with van der Waals surface area (Å²) in [6.07, 6.45) is 3.82. The van der Waals surface area contributed by atoms with Crippen LogP contribution >= 0.6 is 0 Å². The van der Waals surface area contributed by atoms with E-state index in [0.717, 1.165) is 37.1 Å². The third-order valence-corrected chi connectivity index (χ3v) is 3.81. The van der Waals surface area contributed by atoms with Crippen molar-refractivity contribution in [3.63, 3.8) is 0 Å². The number of aromatic nitrogens is 4. The Labute approximate surface area is 137 Å². The molecule has 1 N–H and O–H groups in total. The van der Waals surface area contributed by atoms with Crippen LogP contribution in [-0.2, 0) is 24.1 Å². The molecule has 3 heterocycles. The van der Waals surface area contributed by atoms with E-state index in [2.05, 4.69) is 29.8 Å². The molecule has 1 aliphatic heterocycles. The highest BCUT2D eigenvalue weighted by molar-refractivity contribution is 5.90. The Hall–Kier alpha value is -3.04. The number of nitro groups is 1. The molecule has 1 aliphatic rings. The van der Waals surface area contributed by atoms with Crippen molar-refractivity contribution in [2.75, 3.05) is 19.0 Å². The second-order valence-electron chi connectivity index (χ2n) is 5.30. The van der Waals surface area contributed by atoms with Crippen LogP contribution in [0.1, 0.15) is 28.4 Å². The van der Waals surface area contributed by atoms with Crippen molar-refractivity contribution >= 4 is 17.5 Å². The van der Waals surface area contributed by atoms with Crippen molar-refractivity contribution in [1.82, 2.24) is 19.7 Å². The number of aryl methyl sites for hydroxylation is 1. The molecule has 0 unspecified atom stereocenters. The predicted molar refractivity (Wildman–Crippen MR) is 82.8 cm³/mol. The molecule has 0 radical (unpaired) electrons. The Morgan fingerprint density at radius 2 is 2.33 bits per heavy atom. The Balaban J connectivity index is 1.70. The molecule has 2 aromatic rings. The first-order valence-electron chi connectivity index (χ1n) is 7.47. The molecule has 0 saturated carbocycles. The zero-order valence-electron chi connectivity index (χ0n) is 13.1. The molecule has 126 valence electrons. The minimum Gasteiger partial charge on any atom is -0.465 e. The van der Waals surface area contributed by atoms with Gasteiger partial charge in [0, 0.05) is 38.2 Å². The molecule has 10 nitrogen and oxygen atoms in total. The van der Waals surface area contributed by atoms with Crippen LogP contribution in [0.5, 0.6) is 0 Å². The first-order valence-corrected chi connectivity index (χ1v) is 7.47. The van der Waals surface area contributed by atoms with Gasteiger partial charge < -0.3 is 14.6 Å². The van der Waals surface area contributed by atoms with Crippen molar-refractivity contribution in [3.8, 4) is 0 Å². The van der Waals surface area contributed by atoms with Crippen molar-refractivity contribution in [3.05, 3.63) is 39.6 Å². The number of carbonyl (C=O) groups is 1. The van der Waals surface area contributed by atoms with Gasteiger partial charge in [0.2, 0.25) is 5.82 Å². The van der Waals surface area contributed by atoms with E-state index < -0.39 is 10.9 Å². The van der Waals surface area contributed by atoms with Crippen LogP contribution in [0, 0.1) is 10.1 Å². The van der Waals surface area contributed by atoms with Gasteiger partial charge in [0.15, 0.2) is 0 Å². The quantitative estimate of drug-likeness (QED) is 0.471. The highest BCUT2D eigenvalue weighted by Gasteiger charge is 2.20. The third kappa shape index (κ3) is 3.03. The van der Waals surface area contributed by atoms with Gasteiger partial charge in [0.05, 0.1) is 17.6 Å². The molecule has 0 bridgehead atoms. The van der Waals surface area contributed by atoms with Crippen LogP contribution < -0.4 is 5.32 Å². The zero-order valence-corrected chi connectivity index (χ0v) is 13.1. The number of anilines is 1. The van der Waals surface area contributed by atoms with Crippen LogP contribution in [0.25, 0.3) is 0 Å². The number of carbonyl (C=O) groups excluding carboxylic acids is 1. The molecule has 0 spiro atoms. The fourth-order valence-corrected chi connectivity index (χ4v) is 2.65. The average molecular weight is 332 g/mol. The fraction of sp³-hybridized carbons (Fsp3) is 0.429. The summed E-state index contributed by atoms with van der Waals surface area (Å²) in [6.45, 7) is 1.33. The number of nitrogens with zero attached hydrogens (tertiary/aromatic N) is 5. The van der Waals surface area contributed by atoms with Crippen LogP contribution in [0.4, 0.5) is 11.5 Å². The average Bonchev–Trinajstić information content (AvgIpc) is 3.18. The Morgan fingerprint density at radius 1 is 1.50 bits per heavy atom. The number of hydrogen-bond acceptors (Lipinski definition) is 8. The highest BCUT2D eigenvalue weighted by Crippen LogP contribution is 2.23. The lowest BCUT2D eigenvalue weighted by Gasteiger charge is -2.07. The first kappa shape index (κ1) is 15.8. The smallest absolute Gasteiger partial charge is 0.339 e. The normalized spacial score (nSPS) is 12.7. The van der Waals surface area contributed by atoms with E-state index >= 15 is 0 Å². The summed E-state index contributed by atoms with van der Waals surface area (Å²) in [5.41, 5.74) is -0.241. The van der Waals surface area contributed by atoms with Gasteiger partial charge in [-0.3, -0.25) is 10.1 Å². The van der Waals surface area contributed by atoms with E-state index in [1.165, 1.54) is 13.3 Å². The van der Waals surface area contributed by atoms with E-state index in [1.807, 2.05) is 0 Å². The lowest BCUT2D eigenvalue weighted by molar-refractivity contribution is -0.384. The van der Waals surface area contributed by atoms with Gasteiger partial charge in [-0.25, -0.2) is 9.78 Å². The molecule has 24 heavy (non-hydrogen) atoms. The van der Waals surface area contributed by atoms with E-state index in [1.54, 1.807) is 0 Å². The van der Waals surface area contributed by atoms with Crippen molar-refractivity contribution < 1.29 is 14.5 Å². The van der Waals surface area contributed by atoms with Crippen LogP contribution in [0.15, 0.2) is 12.3 Å². The summed E-state index contributed by atoms with van der Waals surface area (Å²) in [4.78, 5) is 26.0. The lowest BCUT2D eigenvalue weighted by atomic mass is 10.2. The van der Waals surface area contributed by atoms with Crippen molar-refractivity contribution in [1.29, 1.82) is 0 Å². The molecule has 0 atom stereocenters. The summed E-state index contributed by atoms with van der Waals surface area (Å²) < 4.78 is 6.62. The first-order chi connectivity index (χ1) is 11.6. The molecule has 0 aromatic carbocycles. The lowest BCUT2D eigenvalue weighted by Crippen LogP contribution is -2.12. The van der Waals surface area contributed by atoms with Crippen LogP contribution in [0.2, 0.25) is 0 Å². The summed E-state index contributed by atoms with van der Waals surface area (Å²) in [7, 11) is 1.21. The number of esters is 1. The second kappa shape index (κ2) is 6.60. The summed E-state index contributed by atoms with van der Waals surface area (Å²) in [5.74, 6) is 1.27. The summed E-state index contributed by atoms with van der Waals surface area (Å²) in [5, 5.41) is 22.4. The number of fused-ring (bicyclic) bond motifs is 1.